The van der Waals surface area contributed by atoms with Crippen molar-refractivity contribution >= 4 is 17.8 Å². The fraction of sp³-hybridized carbons (Fsp3) is 0.400. The highest BCUT2D eigenvalue weighted by molar-refractivity contribution is 5.84. The van der Waals surface area contributed by atoms with Crippen LogP contribution in [-0.2, 0) is 20.8 Å². The van der Waals surface area contributed by atoms with Gasteiger partial charge >= 0.3 is 11.9 Å². The minimum absolute atomic E-state index is 0.124. The molecule has 0 saturated heterocycles. The number of benzene rings is 1. The molecule has 1 atom stereocenters. The number of rotatable bonds is 8. The number of amides is 1. The smallest absolute Gasteiger partial charge is 0.326 e. The summed E-state index contributed by atoms with van der Waals surface area (Å²) in [5.41, 5.74) is 2.10. The lowest BCUT2D eigenvalue weighted by molar-refractivity contribution is -0.143. The van der Waals surface area contributed by atoms with Crippen LogP contribution in [0.5, 0.6) is 0 Å². The van der Waals surface area contributed by atoms with Gasteiger partial charge in [-0.25, -0.2) is 4.79 Å². The number of aliphatic carboxylic acids is 2. The Morgan fingerprint density at radius 3 is 2.48 bits per heavy atom. The molecule has 0 aliphatic heterocycles. The van der Waals surface area contributed by atoms with Crippen molar-refractivity contribution < 1.29 is 24.6 Å². The third kappa shape index (κ3) is 6.56. The molecule has 6 heteroatoms. The number of carboxylic acid groups (broad SMARTS) is 2. The maximum absolute atomic E-state index is 11.7. The molecule has 1 aromatic rings. The van der Waals surface area contributed by atoms with E-state index in [1.807, 2.05) is 31.2 Å². The Labute approximate surface area is 122 Å². The zero-order valence-electron chi connectivity index (χ0n) is 11.8. The Kier molecular flexibility index (Phi) is 6.39. The molecule has 1 amide bonds. The van der Waals surface area contributed by atoms with E-state index in [9.17, 15) is 14.4 Å². The molecule has 1 rings (SSSR count). The highest BCUT2D eigenvalue weighted by atomic mass is 16.4. The molecule has 0 saturated carbocycles. The Morgan fingerprint density at radius 1 is 1.19 bits per heavy atom. The Balaban J connectivity index is 2.46. The first-order valence-electron chi connectivity index (χ1n) is 6.68. The first kappa shape index (κ1) is 16.7. The van der Waals surface area contributed by atoms with Crippen LogP contribution in [0.15, 0.2) is 24.3 Å². The van der Waals surface area contributed by atoms with E-state index in [2.05, 4.69) is 5.32 Å². The van der Waals surface area contributed by atoms with Crippen LogP contribution in [0.25, 0.3) is 0 Å². The van der Waals surface area contributed by atoms with Gasteiger partial charge in [0, 0.05) is 12.8 Å². The van der Waals surface area contributed by atoms with Gasteiger partial charge in [0.15, 0.2) is 0 Å². The number of nitrogens with one attached hydrogen (secondary N) is 1. The average molecular weight is 293 g/mol. The van der Waals surface area contributed by atoms with Crippen LogP contribution in [-0.4, -0.2) is 34.1 Å². The monoisotopic (exact) mass is 293 g/mol. The second-order valence-electron chi connectivity index (χ2n) is 4.88. The fourth-order valence-electron chi connectivity index (χ4n) is 1.92. The number of carboxylic acids is 2. The summed E-state index contributed by atoms with van der Waals surface area (Å²) in [6, 6.07) is 6.56. The van der Waals surface area contributed by atoms with Crippen molar-refractivity contribution in [3.8, 4) is 0 Å². The van der Waals surface area contributed by atoms with Crippen LogP contribution >= 0.6 is 0 Å². The molecule has 0 aromatic heterocycles. The normalized spacial score (nSPS) is 11.7. The SMILES string of the molecule is Cc1cccc(CCC(=O)N[C@@H](CCC(=O)O)C(=O)O)c1. The predicted octanol–water partition coefficient (Wildman–Crippen LogP) is 1.36. The third-order valence-corrected chi connectivity index (χ3v) is 3.00. The summed E-state index contributed by atoms with van der Waals surface area (Å²) in [5, 5.41) is 19.9. The van der Waals surface area contributed by atoms with E-state index >= 15 is 0 Å². The second-order valence-corrected chi connectivity index (χ2v) is 4.88. The van der Waals surface area contributed by atoms with E-state index in [1.54, 1.807) is 0 Å². The van der Waals surface area contributed by atoms with Crippen molar-refractivity contribution in [3.63, 3.8) is 0 Å². The maximum Gasteiger partial charge on any atom is 0.326 e. The molecule has 0 aliphatic rings. The molecule has 114 valence electrons. The van der Waals surface area contributed by atoms with Gasteiger partial charge in [-0.3, -0.25) is 9.59 Å². The lowest BCUT2D eigenvalue weighted by Crippen LogP contribution is -2.41. The van der Waals surface area contributed by atoms with Crippen molar-refractivity contribution in [2.45, 2.75) is 38.6 Å². The fourth-order valence-corrected chi connectivity index (χ4v) is 1.92. The first-order valence-corrected chi connectivity index (χ1v) is 6.68. The van der Waals surface area contributed by atoms with Gasteiger partial charge in [0.05, 0.1) is 0 Å². The number of hydrogen-bond acceptors (Lipinski definition) is 3. The lowest BCUT2D eigenvalue weighted by atomic mass is 10.1. The van der Waals surface area contributed by atoms with Crippen molar-refractivity contribution in [2.24, 2.45) is 0 Å². The van der Waals surface area contributed by atoms with Crippen molar-refractivity contribution in [1.29, 1.82) is 0 Å². The summed E-state index contributed by atoms with van der Waals surface area (Å²) in [6.07, 6.45) is 0.259. The molecule has 0 bridgehead atoms. The highest BCUT2D eigenvalue weighted by Gasteiger charge is 2.20. The van der Waals surface area contributed by atoms with Gasteiger partial charge in [-0.15, -0.1) is 0 Å². The van der Waals surface area contributed by atoms with E-state index in [0.717, 1.165) is 11.1 Å². The van der Waals surface area contributed by atoms with Crippen LogP contribution in [0.2, 0.25) is 0 Å². The summed E-state index contributed by atoms with van der Waals surface area (Å²) < 4.78 is 0. The van der Waals surface area contributed by atoms with Gasteiger partial charge in [-0.1, -0.05) is 29.8 Å². The zero-order chi connectivity index (χ0) is 15.8. The van der Waals surface area contributed by atoms with Gasteiger partial charge in [-0.2, -0.15) is 0 Å². The summed E-state index contributed by atoms with van der Waals surface area (Å²) in [6.45, 7) is 1.95. The molecule has 0 aliphatic carbocycles. The molecule has 0 spiro atoms. The van der Waals surface area contributed by atoms with Crippen molar-refractivity contribution in [3.05, 3.63) is 35.4 Å². The van der Waals surface area contributed by atoms with E-state index in [1.165, 1.54) is 0 Å². The average Bonchev–Trinajstić information content (AvgIpc) is 2.40. The summed E-state index contributed by atoms with van der Waals surface area (Å²) in [7, 11) is 0. The van der Waals surface area contributed by atoms with Gasteiger partial charge < -0.3 is 15.5 Å². The van der Waals surface area contributed by atoms with Crippen LogP contribution in [0, 0.1) is 6.92 Å². The number of carbonyl (C=O) groups is 3. The van der Waals surface area contributed by atoms with Gasteiger partial charge in [-0.05, 0) is 25.3 Å². The maximum atomic E-state index is 11.7. The second kappa shape index (κ2) is 8.04. The van der Waals surface area contributed by atoms with E-state index in [4.69, 9.17) is 10.2 Å². The van der Waals surface area contributed by atoms with Crippen LogP contribution in [0.3, 0.4) is 0 Å². The summed E-state index contributed by atoms with van der Waals surface area (Å²) >= 11 is 0. The number of aryl methyl sites for hydroxylation is 2. The van der Waals surface area contributed by atoms with Gasteiger partial charge in [0.1, 0.15) is 6.04 Å². The van der Waals surface area contributed by atoms with Crippen LogP contribution in [0.4, 0.5) is 0 Å². The van der Waals surface area contributed by atoms with E-state index in [0.29, 0.717) is 6.42 Å². The molecule has 1 aromatic carbocycles. The molecule has 6 nitrogen and oxygen atoms in total. The first-order chi connectivity index (χ1) is 9.88. The van der Waals surface area contributed by atoms with Gasteiger partial charge in [0.2, 0.25) is 5.91 Å². The van der Waals surface area contributed by atoms with Crippen molar-refractivity contribution in [1.82, 2.24) is 5.32 Å². The summed E-state index contributed by atoms with van der Waals surface area (Å²) in [4.78, 5) is 33.1. The Bertz CT molecular complexity index is 527. The van der Waals surface area contributed by atoms with E-state index in [-0.39, 0.29) is 19.3 Å². The molecule has 0 radical (unpaired) electrons. The third-order valence-electron chi connectivity index (χ3n) is 3.00. The van der Waals surface area contributed by atoms with Gasteiger partial charge in [0.25, 0.3) is 0 Å². The number of carbonyl (C=O) groups excluding carboxylic acids is 1. The minimum atomic E-state index is -1.22. The van der Waals surface area contributed by atoms with Crippen LogP contribution in [0.1, 0.15) is 30.4 Å². The van der Waals surface area contributed by atoms with E-state index < -0.39 is 23.9 Å². The molecule has 0 fully saturated rings. The molecule has 21 heavy (non-hydrogen) atoms. The van der Waals surface area contributed by atoms with Crippen LogP contribution < -0.4 is 5.32 Å². The summed E-state index contributed by atoms with van der Waals surface area (Å²) in [5.74, 6) is -2.70. The molecule has 3 N–H and O–H groups in total. The topological polar surface area (TPSA) is 104 Å². The Hall–Kier alpha value is -2.37. The Morgan fingerprint density at radius 2 is 1.90 bits per heavy atom. The minimum Gasteiger partial charge on any atom is -0.481 e. The molecular weight excluding hydrogens is 274 g/mol. The molecular formula is C15H19NO5. The molecule has 0 heterocycles. The standard InChI is InChI=1S/C15H19NO5/c1-10-3-2-4-11(9-10)5-7-13(17)16-12(15(20)21)6-8-14(18)19/h2-4,9,12H,5-8H2,1H3,(H,16,17)(H,18,19)(H,20,21)/t12-/m0/s1. The molecule has 0 unspecified atom stereocenters. The quantitative estimate of drug-likeness (QED) is 0.671. The highest BCUT2D eigenvalue weighted by Crippen LogP contribution is 2.07. The lowest BCUT2D eigenvalue weighted by Gasteiger charge is -2.13. The largest absolute Gasteiger partial charge is 0.481 e. The number of hydrogen-bond donors (Lipinski definition) is 3. The zero-order valence-corrected chi connectivity index (χ0v) is 11.8. The predicted molar refractivity (Wildman–Crippen MR) is 75.9 cm³/mol. The van der Waals surface area contributed by atoms with Crippen molar-refractivity contribution in [2.75, 3.05) is 0 Å².